The zero-order chi connectivity index (χ0) is 11.4. The van der Waals surface area contributed by atoms with Gasteiger partial charge in [-0.2, -0.15) is 0 Å². The number of phenols is 1. The van der Waals surface area contributed by atoms with Crippen molar-refractivity contribution in [1.82, 2.24) is 0 Å². The molecule has 0 aliphatic carbocycles. The van der Waals surface area contributed by atoms with Crippen molar-refractivity contribution in [3.05, 3.63) is 59.7 Å². The number of para-hydroxylation sites is 1. The SMILES string of the molecule is Nc1ccccc1/C=C/c1cccc(O)c1. The molecule has 0 fully saturated rings. The third-order valence-corrected chi connectivity index (χ3v) is 2.32. The Bertz CT molecular complexity index is 518. The molecule has 0 aromatic heterocycles. The second kappa shape index (κ2) is 4.53. The van der Waals surface area contributed by atoms with E-state index < -0.39 is 0 Å². The molecule has 2 nitrogen and oxygen atoms in total. The summed E-state index contributed by atoms with van der Waals surface area (Å²) in [5.41, 5.74) is 8.49. The van der Waals surface area contributed by atoms with Gasteiger partial charge in [0, 0.05) is 5.69 Å². The van der Waals surface area contributed by atoms with Crippen LogP contribution in [0.2, 0.25) is 0 Å². The van der Waals surface area contributed by atoms with Gasteiger partial charge < -0.3 is 10.8 Å². The Balaban J connectivity index is 2.25. The molecular formula is C14H13NO. The highest BCUT2D eigenvalue weighted by atomic mass is 16.3. The van der Waals surface area contributed by atoms with Crippen molar-refractivity contribution in [2.75, 3.05) is 5.73 Å². The normalized spacial score (nSPS) is 10.8. The fourth-order valence-electron chi connectivity index (χ4n) is 1.48. The molecular weight excluding hydrogens is 198 g/mol. The number of nitrogen functional groups attached to an aromatic ring is 1. The Morgan fingerprint density at radius 3 is 2.50 bits per heavy atom. The standard InChI is InChI=1S/C14H13NO/c15-14-7-2-1-5-12(14)9-8-11-4-3-6-13(16)10-11/h1-10,16H,15H2/b9-8+. The molecule has 0 saturated heterocycles. The number of anilines is 1. The summed E-state index contributed by atoms with van der Waals surface area (Å²) in [6, 6.07) is 14.7. The summed E-state index contributed by atoms with van der Waals surface area (Å²) >= 11 is 0. The molecule has 0 aliphatic rings. The van der Waals surface area contributed by atoms with Gasteiger partial charge in [0.25, 0.3) is 0 Å². The predicted molar refractivity (Wildman–Crippen MR) is 67.9 cm³/mol. The smallest absolute Gasteiger partial charge is 0.116 e. The Morgan fingerprint density at radius 2 is 1.75 bits per heavy atom. The summed E-state index contributed by atoms with van der Waals surface area (Å²) < 4.78 is 0. The highest BCUT2D eigenvalue weighted by Crippen LogP contribution is 2.16. The predicted octanol–water partition coefficient (Wildman–Crippen LogP) is 3.14. The monoisotopic (exact) mass is 211 g/mol. The molecule has 0 amide bonds. The molecule has 0 spiro atoms. The molecule has 3 N–H and O–H groups in total. The minimum Gasteiger partial charge on any atom is -0.508 e. The molecule has 80 valence electrons. The maximum atomic E-state index is 9.31. The lowest BCUT2D eigenvalue weighted by Crippen LogP contribution is -1.87. The van der Waals surface area contributed by atoms with Gasteiger partial charge in [-0.15, -0.1) is 0 Å². The molecule has 2 heteroatoms. The highest BCUT2D eigenvalue weighted by molar-refractivity contribution is 5.75. The average Bonchev–Trinajstić information content (AvgIpc) is 2.28. The molecule has 2 aromatic rings. The van der Waals surface area contributed by atoms with Crippen molar-refractivity contribution < 1.29 is 5.11 Å². The second-order valence-corrected chi connectivity index (χ2v) is 3.56. The largest absolute Gasteiger partial charge is 0.508 e. The van der Waals surface area contributed by atoms with Crippen LogP contribution in [-0.2, 0) is 0 Å². The topological polar surface area (TPSA) is 46.2 Å². The molecule has 0 atom stereocenters. The van der Waals surface area contributed by atoms with E-state index in [1.807, 2.05) is 48.6 Å². The van der Waals surface area contributed by atoms with Gasteiger partial charge in [-0.3, -0.25) is 0 Å². The maximum absolute atomic E-state index is 9.31. The summed E-state index contributed by atoms with van der Waals surface area (Å²) in [5.74, 6) is 0.267. The molecule has 2 aromatic carbocycles. The summed E-state index contributed by atoms with van der Waals surface area (Å²) in [7, 11) is 0. The van der Waals surface area contributed by atoms with Gasteiger partial charge in [0.15, 0.2) is 0 Å². The van der Waals surface area contributed by atoms with Crippen molar-refractivity contribution in [2.24, 2.45) is 0 Å². The molecule has 0 heterocycles. The van der Waals surface area contributed by atoms with Crippen molar-refractivity contribution in [1.29, 1.82) is 0 Å². The molecule has 0 unspecified atom stereocenters. The zero-order valence-corrected chi connectivity index (χ0v) is 8.80. The molecule has 0 radical (unpaired) electrons. The first-order valence-corrected chi connectivity index (χ1v) is 5.07. The van der Waals surface area contributed by atoms with Crippen molar-refractivity contribution in [3.63, 3.8) is 0 Å². The first-order chi connectivity index (χ1) is 7.75. The van der Waals surface area contributed by atoms with Gasteiger partial charge in [0.1, 0.15) is 5.75 Å². The van der Waals surface area contributed by atoms with Crippen LogP contribution in [0.3, 0.4) is 0 Å². The maximum Gasteiger partial charge on any atom is 0.116 e. The van der Waals surface area contributed by atoms with Crippen molar-refractivity contribution in [3.8, 4) is 5.75 Å². The summed E-state index contributed by atoms with van der Waals surface area (Å²) in [5, 5.41) is 9.31. The number of benzene rings is 2. The third-order valence-electron chi connectivity index (χ3n) is 2.32. The van der Waals surface area contributed by atoms with E-state index in [1.54, 1.807) is 12.1 Å². The van der Waals surface area contributed by atoms with Gasteiger partial charge in [0.2, 0.25) is 0 Å². The van der Waals surface area contributed by atoms with Gasteiger partial charge >= 0.3 is 0 Å². The van der Waals surface area contributed by atoms with Crippen LogP contribution < -0.4 is 5.73 Å². The zero-order valence-electron chi connectivity index (χ0n) is 8.80. The van der Waals surface area contributed by atoms with Crippen LogP contribution in [0.5, 0.6) is 5.75 Å². The number of aromatic hydroxyl groups is 1. The fourth-order valence-corrected chi connectivity index (χ4v) is 1.48. The lowest BCUT2D eigenvalue weighted by molar-refractivity contribution is 0.475. The Labute approximate surface area is 94.7 Å². The molecule has 16 heavy (non-hydrogen) atoms. The van der Waals surface area contributed by atoms with Crippen LogP contribution >= 0.6 is 0 Å². The van der Waals surface area contributed by atoms with E-state index in [4.69, 9.17) is 5.73 Å². The third kappa shape index (κ3) is 2.42. The van der Waals surface area contributed by atoms with Gasteiger partial charge in [-0.05, 0) is 29.3 Å². The number of hydrogen-bond acceptors (Lipinski definition) is 2. The first kappa shape index (κ1) is 10.3. The Kier molecular flexibility index (Phi) is 2.92. The van der Waals surface area contributed by atoms with E-state index in [9.17, 15) is 5.11 Å². The van der Waals surface area contributed by atoms with Gasteiger partial charge in [-0.25, -0.2) is 0 Å². The Morgan fingerprint density at radius 1 is 0.938 bits per heavy atom. The van der Waals surface area contributed by atoms with Gasteiger partial charge in [0.05, 0.1) is 0 Å². The van der Waals surface area contributed by atoms with Gasteiger partial charge in [-0.1, -0.05) is 42.5 Å². The van der Waals surface area contributed by atoms with Crippen LogP contribution in [0, 0.1) is 0 Å². The summed E-state index contributed by atoms with van der Waals surface area (Å²) in [6.45, 7) is 0. The summed E-state index contributed by atoms with van der Waals surface area (Å²) in [6.07, 6.45) is 3.86. The fraction of sp³-hybridized carbons (Fsp3) is 0. The van der Waals surface area contributed by atoms with Crippen LogP contribution in [0.1, 0.15) is 11.1 Å². The van der Waals surface area contributed by atoms with Crippen LogP contribution in [0.4, 0.5) is 5.69 Å². The molecule has 2 rings (SSSR count). The Hall–Kier alpha value is -2.22. The minimum absolute atomic E-state index is 0.267. The van der Waals surface area contributed by atoms with E-state index in [0.717, 1.165) is 16.8 Å². The second-order valence-electron chi connectivity index (χ2n) is 3.56. The van der Waals surface area contributed by atoms with E-state index in [1.165, 1.54) is 0 Å². The number of rotatable bonds is 2. The van der Waals surface area contributed by atoms with Crippen LogP contribution in [0.15, 0.2) is 48.5 Å². The van der Waals surface area contributed by atoms with Crippen molar-refractivity contribution >= 4 is 17.8 Å². The quantitative estimate of drug-likeness (QED) is 0.592. The minimum atomic E-state index is 0.267. The van der Waals surface area contributed by atoms with E-state index >= 15 is 0 Å². The first-order valence-electron chi connectivity index (χ1n) is 5.07. The van der Waals surface area contributed by atoms with E-state index in [2.05, 4.69) is 0 Å². The number of hydrogen-bond donors (Lipinski definition) is 2. The van der Waals surface area contributed by atoms with E-state index in [-0.39, 0.29) is 5.75 Å². The highest BCUT2D eigenvalue weighted by Gasteiger charge is 1.93. The number of nitrogens with two attached hydrogens (primary N) is 1. The van der Waals surface area contributed by atoms with Crippen LogP contribution in [-0.4, -0.2) is 5.11 Å². The van der Waals surface area contributed by atoms with Crippen LogP contribution in [0.25, 0.3) is 12.2 Å². The molecule has 0 saturated carbocycles. The number of phenolic OH excluding ortho intramolecular Hbond substituents is 1. The lowest BCUT2D eigenvalue weighted by atomic mass is 10.1. The van der Waals surface area contributed by atoms with E-state index in [0.29, 0.717) is 0 Å². The lowest BCUT2D eigenvalue weighted by Gasteiger charge is -1.99. The molecule has 0 bridgehead atoms. The van der Waals surface area contributed by atoms with Crippen molar-refractivity contribution in [2.45, 2.75) is 0 Å². The summed E-state index contributed by atoms with van der Waals surface area (Å²) in [4.78, 5) is 0. The molecule has 0 aliphatic heterocycles. The average molecular weight is 211 g/mol.